The standard InChI is InChI=1S/C4H9N5.2ClH/c1-5-3-2-4-6-8-9-7-4;;/h5H,2-3H2,1H3,(H,6,7,8,9);2*1H. The lowest BCUT2D eigenvalue weighted by Crippen LogP contribution is -2.11. The Morgan fingerprint density at radius 3 is 2.64 bits per heavy atom. The van der Waals surface area contributed by atoms with Gasteiger partial charge in [-0.15, -0.1) is 35.0 Å². The van der Waals surface area contributed by atoms with Gasteiger partial charge in [0.1, 0.15) is 0 Å². The van der Waals surface area contributed by atoms with E-state index in [0.29, 0.717) is 0 Å². The molecule has 1 heterocycles. The zero-order chi connectivity index (χ0) is 6.53. The van der Waals surface area contributed by atoms with Crippen LogP contribution in [0, 0.1) is 0 Å². The van der Waals surface area contributed by atoms with Crippen molar-refractivity contribution in [2.45, 2.75) is 6.42 Å². The van der Waals surface area contributed by atoms with E-state index in [0.717, 1.165) is 18.8 Å². The molecule has 11 heavy (non-hydrogen) atoms. The molecule has 1 aromatic rings. The van der Waals surface area contributed by atoms with E-state index in [1.54, 1.807) is 0 Å². The zero-order valence-corrected chi connectivity index (χ0v) is 7.71. The summed E-state index contributed by atoms with van der Waals surface area (Å²) in [6, 6.07) is 0. The van der Waals surface area contributed by atoms with Crippen molar-refractivity contribution in [3.05, 3.63) is 5.82 Å². The van der Waals surface area contributed by atoms with Crippen LogP contribution in [0.4, 0.5) is 0 Å². The van der Waals surface area contributed by atoms with E-state index in [4.69, 9.17) is 0 Å². The number of aromatic amines is 1. The van der Waals surface area contributed by atoms with Crippen LogP contribution >= 0.6 is 24.8 Å². The minimum absolute atomic E-state index is 0. The Morgan fingerprint density at radius 1 is 1.45 bits per heavy atom. The molecule has 1 rings (SSSR count). The van der Waals surface area contributed by atoms with E-state index < -0.39 is 0 Å². The van der Waals surface area contributed by atoms with Crippen LogP contribution < -0.4 is 5.32 Å². The van der Waals surface area contributed by atoms with E-state index in [1.807, 2.05) is 7.05 Å². The molecule has 0 spiro atoms. The summed E-state index contributed by atoms with van der Waals surface area (Å²) in [5.74, 6) is 0.754. The van der Waals surface area contributed by atoms with E-state index in [9.17, 15) is 0 Å². The van der Waals surface area contributed by atoms with Crippen LogP contribution in [-0.2, 0) is 6.42 Å². The summed E-state index contributed by atoms with van der Waals surface area (Å²) >= 11 is 0. The van der Waals surface area contributed by atoms with Crippen molar-refractivity contribution < 1.29 is 0 Å². The quantitative estimate of drug-likeness (QED) is 0.709. The zero-order valence-electron chi connectivity index (χ0n) is 6.07. The number of H-pyrrole nitrogens is 1. The predicted octanol–water partition coefficient (Wildman–Crippen LogP) is -0.195. The summed E-state index contributed by atoms with van der Waals surface area (Å²) < 4.78 is 0. The Hall–Kier alpha value is -0.390. The molecule has 0 aliphatic carbocycles. The number of halogens is 2. The molecule has 0 radical (unpaired) electrons. The van der Waals surface area contributed by atoms with Crippen LogP contribution in [0.25, 0.3) is 0 Å². The second kappa shape index (κ2) is 7.71. The first-order valence-corrected chi connectivity index (χ1v) is 2.80. The van der Waals surface area contributed by atoms with Gasteiger partial charge in [0, 0.05) is 13.0 Å². The molecule has 5 nitrogen and oxygen atoms in total. The maximum Gasteiger partial charge on any atom is 0.175 e. The number of hydrogen-bond acceptors (Lipinski definition) is 4. The molecule has 0 aliphatic rings. The van der Waals surface area contributed by atoms with Gasteiger partial charge in [0.2, 0.25) is 0 Å². The highest BCUT2D eigenvalue weighted by Gasteiger charge is 1.93. The molecule has 0 bridgehead atoms. The lowest BCUT2D eigenvalue weighted by Gasteiger charge is -1.89. The number of tetrazole rings is 1. The van der Waals surface area contributed by atoms with Crippen LogP contribution in [-0.4, -0.2) is 34.2 Å². The molecule has 0 saturated carbocycles. The minimum atomic E-state index is 0. The van der Waals surface area contributed by atoms with Gasteiger partial charge in [0.25, 0.3) is 0 Å². The lowest BCUT2D eigenvalue weighted by atomic mass is 10.4. The molecular weight excluding hydrogens is 189 g/mol. The van der Waals surface area contributed by atoms with Gasteiger partial charge in [-0.25, -0.2) is 0 Å². The molecule has 0 aromatic carbocycles. The van der Waals surface area contributed by atoms with Crippen molar-refractivity contribution >= 4 is 24.8 Å². The van der Waals surface area contributed by atoms with Crippen molar-refractivity contribution in [1.82, 2.24) is 25.9 Å². The fourth-order valence-electron chi connectivity index (χ4n) is 0.525. The molecule has 0 atom stereocenters. The predicted molar refractivity (Wildman–Crippen MR) is 46.3 cm³/mol. The van der Waals surface area contributed by atoms with Gasteiger partial charge >= 0.3 is 0 Å². The Kier molecular flexibility index (Phi) is 9.27. The van der Waals surface area contributed by atoms with Gasteiger partial charge in [0.15, 0.2) is 5.82 Å². The number of likely N-dealkylation sites (N-methyl/N-ethyl adjacent to an activating group) is 1. The van der Waals surface area contributed by atoms with Crippen molar-refractivity contribution in [2.75, 3.05) is 13.6 Å². The van der Waals surface area contributed by atoms with Gasteiger partial charge in [-0.1, -0.05) is 5.21 Å². The minimum Gasteiger partial charge on any atom is -0.319 e. The Bertz CT molecular complexity index is 154. The summed E-state index contributed by atoms with van der Waals surface area (Å²) in [5, 5.41) is 16.3. The molecule has 0 unspecified atom stereocenters. The van der Waals surface area contributed by atoms with Crippen LogP contribution in [0.5, 0.6) is 0 Å². The second-order valence-electron chi connectivity index (χ2n) is 1.68. The fraction of sp³-hybridized carbons (Fsp3) is 0.750. The van der Waals surface area contributed by atoms with Gasteiger partial charge in [-0.2, -0.15) is 5.21 Å². The number of rotatable bonds is 3. The first-order valence-electron chi connectivity index (χ1n) is 2.80. The lowest BCUT2D eigenvalue weighted by molar-refractivity contribution is 0.757. The number of nitrogens with one attached hydrogen (secondary N) is 2. The molecule has 0 amide bonds. The van der Waals surface area contributed by atoms with Crippen LogP contribution in [0.2, 0.25) is 0 Å². The summed E-state index contributed by atoms with van der Waals surface area (Å²) in [6.07, 6.45) is 0.826. The number of aromatic nitrogens is 4. The average Bonchev–Trinajstić information content (AvgIpc) is 2.34. The third kappa shape index (κ3) is 4.94. The maximum atomic E-state index is 3.77. The van der Waals surface area contributed by atoms with E-state index >= 15 is 0 Å². The maximum absolute atomic E-state index is 3.77. The molecule has 66 valence electrons. The molecule has 0 aliphatic heterocycles. The summed E-state index contributed by atoms with van der Waals surface area (Å²) in [5.41, 5.74) is 0. The Balaban J connectivity index is 0. The number of hydrogen-bond donors (Lipinski definition) is 2. The van der Waals surface area contributed by atoms with Crippen LogP contribution in [0.1, 0.15) is 5.82 Å². The van der Waals surface area contributed by atoms with E-state index in [1.165, 1.54) is 0 Å². The molecule has 0 fully saturated rings. The number of nitrogens with zero attached hydrogens (tertiary/aromatic N) is 3. The Labute approximate surface area is 77.2 Å². The third-order valence-corrected chi connectivity index (χ3v) is 0.988. The van der Waals surface area contributed by atoms with Crippen molar-refractivity contribution in [3.63, 3.8) is 0 Å². The largest absolute Gasteiger partial charge is 0.319 e. The summed E-state index contributed by atoms with van der Waals surface area (Å²) in [4.78, 5) is 0. The highest BCUT2D eigenvalue weighted by molar-refractivity contribution is 5.85. The van der Waals surface area contributed by atoms with E-state index in [-0.39, 0.29) is 24.8 Å². The average molecular weight is 200 g/mol. The topological polar surface area (TPSA) is 66.5 Å². The van der Waals surface area contributed by atoms with Crippen molar-refractivity contribution in [3.8, 4) is 0 Å². The normalized spacial score (nSPS) is 8.09. The smallest absolute Gasteiger partial charge is 0.175 e. The SMILES string of the molecule is CNCCc1nn[nH]n1.Cl.Cl. The van der Waals surface area contributed by atoms with Crippen LogP contribution in [0.3, 0.4) is 0 Å². The Morgan fingerprint density at radius 2 is 2.18 bits per heavy atom. The van der Waals surface area contributed by atoms with Gasteiger partial charge in [0.05, 0.1) is 0 Å². The monoisotopic (exact) mass is 199 g/mol. The third-order valence-electron chi connectivity index (χ3n) is 0.988. The van der Waals surface area contributed by atoms with E-state index in [2.05, 4.69) is 25.9 Å². The highest BCUT2D eigenvalue weighted by Crippen LogP contribution is 1.81. The van der Waals surface area contributed by atoms with Crippen molar-refractivity contribution in [2.24, 2.45) is 0 Å². The first kappa shape index (κ1) is 13.2. The summed E-state index contributed by atoms with van der Waals surface area (Å²) in [7, 11) is 1.89. The molecule has 7 heteroatoms. The van der Waals surface area contributed by atoms with Crippen molar-refractivity contribution in [1.29, 1.82) is 0 Å². The summed E-state index contributed by atoms with van der Waals surface area (Å²) in [6.45, 7) is 0.888. The second-order valence-corrected chi connectivity index (χ2v) is 1.68. The van der Waals surface area contributed by atoms with Gasteiger partial charge < -0.3 is 5.32 Å². The molecule has 1 aromatic heterocycles. The van der Waals surface area contributed by atoms with Crippen LogP contribution in [0.15, 0.2) is 0 Å². The first-order chi connectivity index (χ1) is 4.43. The molecule has 2 N–H and O–H groups in total. The van der Waals surface area contributed by atoms with Gasteiger partial charge in [-0.3, -0.25) is 0 Å². The molecular formula is C4H11Cl2N5. The van der Waals surface area contributed by atoms with Gasteiger partial charge in [-0.05, 0) is 7.05 Å². The fourth-order valence-corrected chi connectivity index (χ4v) is 0.525. The highest BCUT2D eigenvalue weighted by atomic mass is 35.5. The molecule has 0 saturated heterocycles.